The van der Waals surface area contributed by atoms with Crippen LogP contribution in [0.2, 0.25) is 0 Å². The number of pyridine rings is 1. The minimum absolute atomic E-state index is 0.203. The Labute approximate surface area is 129 Å². The number of fused-ring (bicyclic) bond motifs is 1. The second kappa shape index (κ2) is 6.62. The molecular formula is C16H21N3O3. The van der Waals surface area contributed by atoms with Gasteiger partial charge in [-0.3, -0.25) is 9.59 Å². The lowest BCUT2D eigenvalue weighted by Gasteiger charge is -2.13. The lowest BCUT2D eigenvalue weighted by Crippen LogP contribution is -2.33. The number of benzene rings is 1. The lowest BCUT2D eigenvalue weighted by atomic mass is 10.1. The van der Waals surface area contributed by atoms with Gasteiger partial charge in [0.2, 0.25) is 0 Å². The highest BCUT2D eigenvalue weighted by atomic mass is 16.3. The van der Waals surface area contributed by atoms with Gasteiger partial charge in [0, 0.05) is 19.0 Å². The summed E-state index contributed by atoms with van der Waals surface area (Å²) >= 11 is 0. The van der Waals surface area contributed by atoms with Crippen molar-refractivity contribution in [2.75, 3.05) is 27.2 Å². The van der Waals surface area contributed by atoms with Gasteiger partial charge in [0.15, 0.2) is 0 Å². The Morgan fingerprint density at radius 1 is 1.32 bits per heavy atom. The maximum Gasteiger partial charge on any atom is 0.267 e. The number of amides is 1. The molecule has 6 heteroatoms. The van der Waals surface area contributed by atoms with E-state index in [0.29, 0.717) is 17.4 Å². The molecule has 22 heavy (non-hydrogen) atoms. The first-order chi connectivity index (χ1) is 10.4. The summed E-state index contributed by atoms with van der Waals surface area (Å²) in [6.07, 6.45) is 0.771. The number of hydrogen-bond donors (Lipinski definition) is 2. The highest BCUT2D eigenvalue weighted by Gasteiger charge is 2.20. The van der Waals surface area contributed by atoms with E-state index in [2.05, 4.69) is 5.32 Å². The van der Waals surface area contributed by atoms with Crippen LogP contribution in [-0.4, -0.2) is 47.7 Å². The van der Waals surface area contributed by atoms with Crippen LogP contribution in [0.5, 0.6) is 5.75 Å². The van der Waals surface area contributed by atoms with E-state index in [1.807, 2.05) is 19.0 Å². The molecule has 0 unspecified atom stereocenters. The summed E-state index contributed by atoms with van der Waals surface area (Å²) < 4.78 is 1.38. The van der Waals surface area contributed by atoms with Crippen molar-refractivity contribution in [3.63, 3.8) is 0 Å². The third-order valence-electron chi connectivity index (χ3n) is 3.57. The van der Waals surface area contributed by atoms with E-state index in [0.717, 1.165) is 13.0 Å². The summed E-state index contributed by atoms with van der Waals surface area (Å²) in [4.78, 5) is 26.6. The summed E-state index contributed by atoms with van der Waals surface area (Å²) in [5, 5.41) is 13.5. The van der Waals surface area contributed by atoms with Crippen LogP contribution in [-0.2, 0) is 7.05 Å². The average molecular weight is 303 g/mol. The normalized spacial score (nSPS) is 11.1. The maximum absolute atomic E-state index is 12.3. The lowest BCUT2D eigenvalue weighted by molar-refractivity contribution is 0.0948. The van der Waals surface area contributed by atoms with Gasteiger partial charge in [-0.15, -0.1) is 0 Å². The number of carbonyl (C=O) groups is 1. The zero-order valence-electron chi connectivity index (χ0n) is 13.1. The summed E-state index contributed by atoms with van der Waals surface area (Å²) in [5.41, 5.74) is -0.110. The molecule has 1 aromatic carbocycles. The van der Waals surface area contributed by atoms with Crippen LogP contribution in [0.25, 0.3) is 10.9 Å². The van der Waals surface area contributed by atoms with Gasteiger partial charge in [0.25, 0.3) is 11.5 Å². The van der Waals surface area contributed by atoms with Crippen molar-refractivity contribution in [1.82, 2.24) is 14.8 Å². The molecule has 0 fully saturated rings. The monoisotopic (exact) mass is 303 g/mol. The number of rotatable bonds is 5. The fourth-order valence-electron chi connectivity index (χ4n) is 2.37. The minimum atomic E-state index is -0.539. The predicted molar refractivity (Wildman–Crippen MR) is 86.4 cm³/mol. The second-order valence-corrected chi connectivity index (χ2v) is 5.52. The third-order valence-corrected chi connectivity index (χ3v) is 3.57. The standard InChI is InChI=1S/C16H21N3O3/c1-18(2)10-6-9-17-15(21)13-14(20)11-7-4-5-8-12(11)19(3)16(13)22/h4-5,7-8,20H,6,9-10H2,1-3H3,(H,17,21). The van der Waals surface area contributed by atoms with Crippen LogP contribution < -0.4 is 10.9 Å². The first-order valence-electron chi connectivity index (χ1n) is 7.17. The molecule has 6 nitrogen and oxygen atoms in total. The summed E-state index contributed by atoms with van der Waals surface area (Å²) in [5.74, 6) is -0.800. The first kappa shape index (κ1) is 16.0. The molecule has 0 aliphatic heterocycles. The Kier molecular flexibility index (Phi) is 4.82. The smallest absolute Gasteiger partial charge is 0.267 e. The Balaban J connectivity index is 2.31. The number of nitrogens with zero attached hydrogens (tertiary/aromatic N) is 2. The number of para-hydroxylation sites is 1. The van der Waals surface area contributed by atoms with Gasteiger partial charge in [-0.1, -0.05) is 12.1 Å². The van der Waals surface area contributed by atoms with E-state index in [4.69, 9.17) is 0 Å². The molecule has 2 rings (SSSR count). The van der Waals surface area contributed by atoms with Crippen molar-refractivity contribution < 1.29 is 9.90 Å². The fraction of sp³-hybridized carbons (Fsp3) is 0.375. The molecule has 1 amide bonds. The molecule has 0 spiro atoms. The molecule has 2 aromatic rings. The van der Waals surface area contributed by atoms with Gasteiger partial charge in [-0.25, -0.2) is 0 Å². The van der Waals surface area contributed by atoms with Gasteiger partial charge in [-0.2, -0.15) is 0 Å². The van der Waals surface area contributed by atoms with E-state index >= 15 is 0 Å². The predicted octanol–water partition coefficient (Wildman–Crippen LogP) is 0.926. The quantitative estimate of drug-likeness (QED) is 0.806. The van der Waals surface area contributed by atoms with E-state index in [9.17, 15) is 14.7 Å². The van der Waals surface area contributed by atoms with Crippen molar-refractivity contribution in [3.8, 4) is 5.75 Å². The molecule has 0 radical (unpaired) electrons. The highest BCUT2D eigenvalue weighted by Crippen LogP contribution is 2.25. The molecular weight excluding hydrogens is 282 g/mol. The van der Waals surface area contributed by atoms with Crippen LogP contribution in [0.15, 0.2) is 29.1 Å². The largest absolute Gasteiger partial charge is 0.506 e. The van der Waals surface area contributed by atoms with Crippen LogP contribution in [0.1, 0.15) is 16.8 Å². The van der Waals surface area contributed by atoms with E-state index < -0.39 is 11.5 Å². The summed E-state index contributed by atoms with van der Waals surface area (Å²) in [6.45, 7) is 1.29. The zero-order valence-corrected chi connectivity index (χ0v) is 13.1. The molecule has 0 aliphatic rings. The highest BCUT2D eigenvalue weighted by molar-refractivity contribution is 6.02. The SMILES string of the molecule is CN(C)CCCNC(=O)c1c(O)c2ccccc2n(C)c1=O. The van der Waals surface area contributed by atoms with Crippen LogP contribution in [0.4, 0.5) is 0 Å². The van der Waals surface area contributed by atoms with Gasteiger partial charge >= 0.3 is 0 Å². The summed E-state index contributed by atoms with van der Waals surface area (Å²) in [6, 6.07) is 6.95. The first-order valence-corrected chi connectivity index (χ1v) is 7.17. The summed E-state index contributed by atoms with van der Waals surface area (Å²) in [7, 11) is 5.49. The third kappa shape index (κ3) is 3.12. The molecule has 0 bridgehead atoms. The fourth-order valence-corrected chi connectivity index (χ4v) is 2.37. The Morgan fingerprint density at radius 3 is 2.68 bits per heavy atom. The Morgan fingerprint density at radius 2 is 2.00 bits per heavy atom. The minimum Gasteiger partial charge on any atom is -0.506 e. The van der Waals surface area contributed by atoms with Gasteiger partial charge in [0.05, 0.1) is 5.52 Å². The van der Waals surface area contributed by atoms with Gasteiger partial charge in [0.1, 0.15) is 11.3 Å². The number of hydrogen-bond acceptors (Lipinski definition) is 4. The average Bonchev–Trinajstić information content (AvgIpc) is 2.49. The molecule has 0 saturated carbocycles. The number of carbonyl (C=O) groups excluding carboxylic acids is 1. The van der Waals surface area contributed by atoms with Crippen LogP contribution >= 0.6 is 0 Å². The molecule has 118 valence electrons. The zero-order chi connectivity index (χ0) is 16.3. The van der Waals surface area contributed by atoms with E-state index in [1.165, 1.54) is 4.57 Å². The van der Waals surface area contributed by atoms with Gasteiger partial charge < -0.3 is 19.9 Å². The Bertz CT molecular complexity index is 750. The van der Waals surface area contributed by atoms with Crippen molar-refractivity contribution in [3.05, 3.63) is 40.2 Å². The van der Waals surface area contributed by atoms with Crippen molar-refractivity contribution in [2.24, 2.45) is 7.05 Å². The van der Waals surface area contributed by atoms with E-state index in [-0.39, 0.29) is 11.3 Å². The van der Waals surface area contributed by atoms with Crippen LogP contribution in [0, 0.1) is 0 Å². The number of nitrogens with one attached hydrogen (secondary N) is 1. The Hall–Kier alpha value is -2.34. The molecule has 2 N–H and O–H groups in total. The molecule has 1 heterocycles. The van der Waals surface area contributed by atoms with Crippen LogP contribution in [0.3, 0.4) is 0 Å². The van der Waals surface area contributed by atoms with Crippen molar-refractivity contribution in [2.45, 2.75) is 6.42 Å². The molecule has 0 atom stereocenters. The molecule has 0 saturated heterocycles. The molecule has 1 aromatic heterocycles. The second-order valence-electron chi connectivity index (χ2n) is 5.52. The number of aryl methyl sites for hydroxylation is 1. The van der Waals surface area contributed by atoms with E-state index in [1.54, 1.807) is 31.3 Å². The van der Waals surface area contributed by atoms with Crippen molar-refractivity contribution in [1.29, 1.82) is 0 Å². The van der Waals surface area contributed by atoms with Gasteiger partial charge in [-0.05, 0) is 39.2 Å². The maximum atomic E-state index is 12.3. The number of aromatic hydroxyl groups is 1. The number of aromatic nitrogens is 1. The topological polar surface area (TPSA) is 74.6 Å². The van der Waals surface area contributed by atoms with Crippen molar-refractivity contribution >= 4 is 16.8 Å². The molecule has 0 aliphatic carbocycles.